The predicted octanol–water partition coefficient (Wildman–Crippen LogP) is 2.80. The van der Waals surface area contributed by atoms with Gasteiger partial charge in [0.1, 0.15) is 0 Å². The molecule has 24 heavy (non-hydrogen) atoms. The van der Waals surface area contributed by atoms with E-state index in [9.17, 15) is 4.79 Å². The number of carbonyl (C=O) groups is 1. The molecule has 1 atom stereocenters. The fraction of sp³-hybridized carbons (Fsp3) is 0.500. The molecule has 1 N–H and O–H groups in total. The largest absolute Gasteiger partial charge is 0.323 e. The summed E-state index contributed by atoms with van der Waals surface area (Å²) in [6, 6.07) is 1.69. The average Bonchev–Trinajstić information content (AvgIpc) is 2.93. The molecule has 0 unspecified atom stereocenters. The van der Waals surface area contributed by atoms with Gasteiger partial charge < -0.3 is 10.2 Å². The molecule has 3 heterocycles. The molecule has 0 aromatic carbocycles. The van der Waals surface area contributed by atoms with Gasteiger partial charge in [-0.3, -0.25) is 0 Å². The first kappa shape index (κ1) is 16.8. The highest BCUT2D eigenvalue weighted by atomic mass is 32.2. The van der Waals surface area contributed by atoms with E-state index in [1.807, 2.05) is 16.7 Å². The lowest BCUT2D eigenvalue weighted by molar-refractivity contribution is 0.214. The molecule has 1 aliphatic rings. The van der Waals surface area contributed by atoms with Gasteiger partial charge in [0.05, 0.1) is 18.1 Å². The van der Waals surface area contributed by atoms with Crippen LogP contribution in [0.5, 0.6) is 0 Å². The molecule has 0 radical (unpaired) electrons. The van der Waals surface area contributed by atoms with Gasteiger partial charge in [-0.15, -0.1) is 0 Å². The van der Waals surface area contributed by atoms with Gasteiger partial charge in [0.15, 0.2) is 0 Å². The highest BCUT2D eigenvalue weighted by molar-refractivity contribution is 7.99. The molecule has 8 heteroatoms. The molecule has 7 nitrogen and oxygen atoms in total. The summed E-state index contributed by atoms with van der Waals surface area (Å²) >= 11 is 1.94. The van der Waals surface area contributed by atoms with Crippen LogP contribution < -0.4 is 5.32 Å². The minimum Gasteiger partial charge on any atom is -0.323 e. The molecule has 0 aliphatic carbocycles. The lowest BCUT2D eigenvalue weighted by Crippen LogP contribution is -2.38. The maximum atomic E-state index is 12.6. The van der Waals surface area contributed by atoms with Crippen molar-refractivity contribution in [3.05, 3.63) is 30.9 Å². The average molecular weight is 346 g/mol. The van der Waals surface area contributed by atoms with Crippen LogP contribution in [0.2, 0.25) is 0 Å². The number of aromatic nitrogens is 4. The van der Waals surface area contributed by atoms with E-state index in [4.69, 9.17) is 0 Å². The molecule has 128 valence electrons. The Labute approximate surface area is 145 Å². The quantitative estimate of drug-likeness (QED) is 0.921. The first-order valence-electron chi connectivity index (χ1n) is 8.26. The first-order chi connectivity index (χ1) is 11.8. The monoisotopic (exact) mass is 346 g/mol. The fourth-order valence-corrected chi connectivity index (χ4v) is 3.86. The van der Waals surface area contributed by atoms with Crippen LogP contribution in [0.4, 0.5) is 10.5 Å². The molecule has 1 aliphatic heterocycles. The van der Waals surface area contributed by atoms with Crippen molar-refractivity contribution in [3.63, 3.8) is 0 Å². The predicted molar refractivity (Wildman–Crippen MR) is 95.5 cm³/mol. The van der Waals surface area contributed by atoms with Crippen LogP contribution in [0.15, 0.2) is 30.9 Å². The van der Waals surface area contributed by atoms with Crippen LogP contribution in [0.3, 0.4) is 0 Å². The normalized spacial score (nSPS) is 18.2. The summed E-state index contributed by atoms with van der Waals surface area (Å²) in [6.07, 6.45) is 10.1. The lowest BCUT2D eigenvalue weighted by atomic mass is 10.2. The zero-order chi connectivity index (χ0) is 16.8. The van der Waals surface area contributed by atoms with Gasteiger partial charge in [-0.25, -0.2) is 19.4 Å². The highest BCUT2D eigenvalue weighted by Gasteiger charge is 2.22. The fourth-order valence-electron chi connectivity index (χ4n) is 2.77. The van der Waals surface area contributed by atoms with Crippen LogP contribution in [0.25, 0.3) is 5.95 Å². The van der Waals surface area contributed by atoms with Gasteiger partial charge in [-0.05, 0) is 24.7 Å². The third-order valence-electron chi connectivity index (χ3n) is 3.91. The third-order valence-corrected chi connectivity index (χ3v) is 5.10. The number of amides is 2. The maximum Gasteiger partial charge on any atom is 0.321 e. The van der Waals surface area contributed by atoms with E-state index in [0.29, 0.717) is 16.9 Å². The van der Waals surface area contributed by atoms with Crippen molar-refractivity contribution in [1.82, 2.24) is 24.6 Å². The van der Waals surface area contributed by atoms with E-state index in [-0.39, 0.29) is 6.03 Å². The number of nitrogens with one attached hydrogen (secondary N) is 1. The summed E-state index contributed by atoms with van der Waals surface area (Å²) in [7, 11) is 0. The molecule has 1 fully saturated rings. The van der Waals surface area contributed by atoms with Crippen molar-refractivity contribution >= 4 is 23.5 Å². The second-order valence-corrected chi connectivity index (χ2v) is 7.25. The van der Waals surface area contributed by atoms with Crippen LogP contribution in [-0.4, -0.2) is 54.8 Å². The Hall–Kier alpha value is -2.09. The van der Waals surface area contributed by atoms with Crippen molar-refractivity contribution in [1.29, 1.82) is 0 Å². The SMILES string of the molecule is CCS[C@H]1CCCCN(C(=O)Nc2cnn(-c3ncccn3)c2)C1. The topological polar surface area (TPSA) is 75.9 Å². The van der Waals surface area contributed by atoms with E-state index < -0.39 is 0 Å². The van der Waals surface area contributed by atoms with Crippen molar-refractivity contribution in [2.45, 2.75) is 31.4 Å². The summed E-state index contributed by atoms with van der Waals surface area (Å²) in [6.45, 7) is 3.78. The van der Waals surface area contributed by atoms with E-state index in [0.717, 1.165) is 25.3 Å². The van der Waals surface area contributed by atoms with E-state index in [1.54, 1.807) is 35.5 Å². The van der Waals surface area contributed by atoms with Gasteiger partial charge >= 0.3 is 6.03 Å². The van der Waals surface area contributed by atoms with E-state index in [1.165, 1.54) is 12.8 Å². The van der Waals surface area contributed by atoms with Gasteiger partial charge in [0.25, 0.3) is 0 Å². The molecule has 1 saturated heterocycles. The number of rotatable bonds is 4. The Morgan fingerprint density at radius 1 is 1.38 bits per heavy atom. The molecule has 2 aromatic heterocycles. The molecule has 0 bridgehead atoms. The number of hydrogen-bond acceptors (Lipinski definition) is 5. The van der Waals surface area contributed by atoms with E-state index in [2.05, 4.69) is 27.3 Å². The highest BCUT2D eigenvalue weighted by Crippen LogP contribution is 2.22. The summed E-state index contributed by atoms with van der Waals surface area (Å²) < 4.78 is 1.55. The van der Waals surface area contributed by atoms with Crippen molar-refractivity contribution < 1.29 is 4.79 Å². The molecule has 0 spiro atoms. The van der Waals surface area contributed by atoms with Crippen LogP contribution in [-0.2, 0) is 0 Å². The van der Waals surface area contributed by atoms with Gasteiger partial charge in [-0.2, -0.15) is 16.9 Å². The molecular weight excluding hydrogens is 324 g/mol. The minimum absolute atomic E-state index is 0.0628. The molecule has 0 saturated carbocycles. The second kappa shape index (κ2) is 8.14. The Kier molecular flexibility index (Phi) is 5.68. The van der Waals surface area contributed by atoms with Crippen molar-refractivity contribution in [3.8, 4) is 5.95 Å². The van der Waals surface area contributed by atoms with Crippen molar-refractivity contribution in [2.75, 3.05) is 24.2 Å². The molecular formula is C16H22N6OS. The van der Waals surface area contributed by atoms with Crippen molar-refractivity contribution in [2.24, 2.45) is 0 Å². The number of likely N-dealkylation sites (tertiary alicyclic amines) is 1. The number of nitrogens with zero attached hydrogens (tertiary/aromatic N) is 5. The standard InChI is InChI=1S/C16H22N6OS/c1-2-24-14-6-3-4-9-21(12-14)16(23)20-13-10-19-22(11-13)15-17-7-5-8-18-15/h5,7-8,10-11,14H,2-4,6,9,12H2,1H3,(H,20,23)/t14-/m0/s1. The molecule has 3 rings (SSSR count). The summed E-state index contributed by atoms with van der Waals surface area (Å²) in [5.74, 6) is 1.57. The van der Waals surface area contributed by atoms with Gasteiger partial charge in [0, 0.05) is 30.7 Å². The zero-order valence-electron chi connectivity index (χ0n) is 13.8. The van der Waals surface area contributed by atoms with Gasteiger partial charge in [0.2, 0.25) is 5.95 Å². The Bertz CT molecular complexity index is 662. The summed E-state index contributed by atoms with van der Waals surface area (Å²) in [5, 5.41) is 7.66. The Balaban J connectivity index is 1.63. The Morgan fingerprint density at radius 2 is 2.21 bits per heavy atom. The summed E-state index contributed by atoms with van der Waals surface area (Å²) in [5.41, 5.74) is 0.649. The van der Waals surface area contributed by atoms with Gasteiger partial charge in [-0.1, -0.05) is 13.3 Å². The molecule has 2 aromatic rings. The number of hydrogen-bond donors (Lipinski definition) is 1. The number of urea groups is 1. The minimum atomic E-state index is -0.0628. The second-order valence-electron chi connectivity index (χ2n) is 5.67. The van der Waals surface area contributed by atoms with Crippen LogP contribution >= 0.6 is 11.8 Å². The summed E-state index contributed by atoms with van der Waals surface area (Å²) in [4.78, 5) is 22.7. The number of carbonyl (C=O) groups excluding carboxylic acids is 1. The Morgan fingerprint density at radius 3 is 3.00 bits per heavy atom. The first-order valence-corrected chi connectivity index (χ1v) is 9.30. The molecule has 2 amide bonds. The van der Waals surface area contributed by atoms with E-state index >= 15 is 0 Å². The lowest BCUT2D eigenvalue weighted by Gasteiger charge is -2.24. The van der Waals surface area contributed by atoms with Crippen LogP contribution in [0, 0.1) is 0 Å². The van der Waals surface area contributed by atoms with Crippen LogP contribution in [0.1, 0.15) is 26.2 Å². The number of thioether (sulfide) groups is 1. The third kappa shape index (κ3) is 4.25. The smallest absolute Gasteiger partial charge is 0.321 e. The maximum absolute atomic E-state index is 12.6. The number of anilines is 1. The zero-order valence-corrected chi connectivity index (χ0v) is 14.6.